The molecule has 0 spiro atoms. The predicted octanol–water partition coefficient (Wildman–Crippen LogP) is 4.89. The van der Waals surface area contributed by atoms with Crippen molar-refractivity contribution in [2.75, 3.05) is 19.8 Å². The molecule has 1 aliphatic carbocycles. The Morgan fingerprint density at radius 3 is 1.85 bits per heavy atom. The third kappa shape index (κ3) is 5.77. The second-order valence-electron chi connectivity index (χ2n) is 9.01. The van der Waals surface area contributed by atoms with Gasteiger partial charge in [0.05, 0.1) is 0 Å². The van der Waals surface area contributed by atoms with Crippen molar-refractivity contribution in [3.05, 3.63) is 102 Å². The zero-order chi connectivity index (χ0) is 22.3. The maximum absolute atomic E-state index is 6.36. The van der Waals surface area contributed by atoms with Gasteiger partial charge in [-0.25, -0.2) is 0 Å². The van der Waals surface area contributed by atoms with Crippen molar-refractivity contribution in [2.45, 2.75) is 30.6 Å². The Hall–Kier alpha value is -1.94. The van der Waals surface area contributed by atoms with E-state index < -0.39 is 0 Å². The van der Waals surface area contributed by atoms with Gasteiger partial charge in [0.25, 0.3) is 0 Å². The van der Waals surface area contributed by atoms with Crippen LogP contribution in [0.3, 0.4) is 0 Å². The van der Waals surface area contributed by atoms with Crippen LogP contribution in [0, 0.1) is 17.8 Å². The van der Waals surface area contributed by atoms with E-state index in [1.807, 2.05) is 0 Å². The predicted molar refractivity (Wildman–Crippen MR) is 133 cm³/mol. The second kappa shape index (κ2) is 11.5. The molecule has 2 aliphatic rings. The zero-order valence-corrected chi connectivity index (χ0v) is 20.6. The van der Waals surface area contributed by atoms with Crippen LogP contribution in [0.5, 0.6) is 0 Å². The average molecular weight is 508 g/mol. The van der Waals surface area contributed by atoms with Crippen molar-refractivity contribution in [2.24, 2.45) is 17.8 Å². The van der Waals surface area contributed by atoms with E-state index in [2.05, 4.69) is 91.0 Å². The van der Waals surface area contributed by atoms with Crippen LogP contribution in [0.1, 0.15) is 17.5 Å². The van der Waals surface area contributed by atoms with Crippen LogP contribution >= 0.6 is 0 Å². The molecule has 172 valence electrons. The number of hydrogen-bond acceptors (Lipinski definition) is 3. The first kappa shape index (κ1) is 22.8. The first-order chi connectivity index (χ1) is 16.4. The molecule has 4 heteroatoms. The van der Waals surface area contributed by atoms with Gasteiger partial charge in [-0.3, -0.25) is 0 Å². The standard InChI is InChI=1S/C29H32O3Se/c1-4-10-22(11-5-1)18-30-20-26-25-16-17-32-28(25)29(33-24-14-8-3-9-15-24)27(26)21-31-19-23-12-6-2-7-13-23/h1-15,25-29H,16-21H2/t25-,26+,27+,28-,29-/m1/s1. The van der Waals surface area contributed by atoms with E-state index in [1.54, 1.807) is 0 Å². The summed E-state index contributed by atoms with van der Waals surface area (Å²) in [6, 6.07) is 31.9. The van der Waals surface area contributed by atoms with Crippen molar-refractivity contribution in [1.29, 1.82) is 0 Å². The Kier molecular flexibility index (Phi) is 7.93. The summed E-state index contributed by atoms with van der Waals surface area (Å²) in [6.07, 6.45) is 1.47. The first-order valence-corrected chi connectivity index (χ1v) is 13.8. The van der Waals surface area contributed by atoms with Crippen molar-refractivity contribution in [3.8, 4) is 0 Å². The van der Waals surface area contributed by atoms with Crippen molar-refractivity contribution < 1.29 is 14.2 Å². The van der Waals surface area contributed by atoms with Crippen molar-refractivity contribution >= 4 is 19.4 Å². The molecule has 0 aromatic heterocycles. The molecule has 0 radical (unpaired) electrons. The molecular weight excluding hydrogens is 475 g/mol. The summed E-state index contributed by atoms with van der Waals surface area (Å²) >= 11 is 0.351. The number of fused-ring (bicyclic) bond motifs is 1. The fraction of sp³-hybridized carbons (Fsp3) is 0.379. The molecule has 3 aromatic rings. The van der Waals surface area contributed by atoms with Gasteiger partial charge in [-0.15, -0.1) is 0 Å². The quantitative estimate of drug-likeness (QED) is 0.366. The summed E-state index contributed by atoms with van der Waals surface area (Å²) in [7, 11) is 0. The van der Waals surface area contributed by atoms with Crippen LogP contribution in [-0.2, 0) is 27.4 Å². The van der Waals surface area contributed by atoms with Gasteiger partial charge in [-0.1, -0.05) is 0 Å². The van der Waals surface area contributed by atoms with E-state index in [-0.39, 0.29) is 0 Å². The third-order valence-corrected chi connectivity index (χ3v) is 9.90. The summed E-state index contributed by atoms with van der Waals surface area (Å²) in [6.45, 7) is 3.76. The van der Waals surface area contributed by atoms with Gasteiger partial charge in [0.15, 0.2) is 0 Å². The SMILES string of the molecule is c1ccc(COC[C@H]2[C@H]3CCO[C@H]3[C@H]([Se]c3ccccc3)[C@H]2COCc2ccccc2)cc1. The molecule has 1 aliphatic heterocycles. The summed E-state index contributed by atoms with van der Waals surface area (Å²) < 4.78 is 20.4. The number of benzene rings is 3. The van der Waals surface area contributed by atoms with Crippen LogP contribution in [0.15, 0.2) is 91.0 Å². The molecule has 0 bridgehead atoms. The molecule has 1 heterocycles. The topological polar surface area (TPSA) is 27.7 Å². The molecule has 33 heavy (non-hydrogen) atoms. The molecule has 5 atom stereocenters. The molecule has 1 saturated carbocycles. The minimum atomic E-state index is 0.334. The van der Waals surface area contributed by atoms with Crippen molar-refractivity contribution in [3.63, 3.8) is 0 Å². The average Bonchev–Trinajstić information content (AvgIpc) is 3.44. The van der Waals surface area contributed by atoms with Gasteiger partial charge < -0.3 is 0 Å². The second-order valence-corrected chi connectivity index (χ2v) is 11.6. The number of rotatable bonds is 10. The van der Waals surface area contributed by atoms with E-state index >= 15 is 0 Å². The molecular formula is C29H32O3Se. The third-order valence-electron chi connectivity index (χ3n) is 6.89. The Morgan fingerprint density at radius 2 is 1.24 bits per heavy atom. The Bertz CT molecular complexity index is 966. The van der Waals surface area contributed by atoms with E-state index in [4.69, 9.17) is 14.2 Å². The van der Waals surface area contributed by atoms with E-state index in [9.17, 15) is 0 Å². The van der Waals surface area contributed by atoms with Crippen LogP contribution in [0.25, 0.3) is 0 Å². The minimum absolute atomic E-state index is 0.334. The summed E-state index contributed by atoms with van der Waals surface area (Å²) in [5.41, 5.74) is 2.46. The number of ether oxygens (including phenoxy) is 3. The van der Waals surface area contributed by atoms with E-state index in [0.29, 0.717) is 56.8 Å². The van der Waals surface area contributed by atoms with Crippen LogP contribution < -0.4 is 4.46 Å². The fourth-order valence-corrected chi connectivity index (χ4v) is 8.42. The normalized spacial score (nSPS) is 26.4. The maximum atomic E-state index is 6.36. The molecule has 0 N–H and O–H groups in total. The molecule has 3 nitrogen and oxygen atoms in total. The molecule has 2 fully saturated rings. The van der Waals surface area contributed by atoms with Gasteiger partial charge in [-0.2, -0.15) is 0 Å². The van der Waals surface area contributed by atoms with Gasteiger partial charge >= 0.3 is 204 Å². The van der Waals surface area contributed by atoms with Crippen molar-refractivity contribution in [1.82, 2.24) is 0 Å². The van der Waals surface area contributed by atoms with Crippen LogP contribution in [0.2, 0.25) is 4.82 Å². The van der Waals surface area contributed by atoms with E-state index in [1.165, 1.54) is 15.6 Å². The molecule has 0 amide bonds. The Morgan fingerprint density at radius 1 is 0.697 bits per heavy atom. The van der Waals surface area contributed by atoms with Gasteiger partial charge in [-0.05, 0) is 0 Å². The summed E-state index contributed by atoms with van der Waals surface area (Å²) in [4.78, 5) is 0.522. The molecule has 5 rings (SSSR count). The van der Waals surface area contributed by atoms with Crippen LogP contribution in [-0.4, -0.2) is 40.9 Å². The summed E-state index contributed by atoms with van der Waals surface area (Å²) in [5.74, 6) is 1.51. The van der Waals surface area contributed by atoms with Gasteiger partial charge in [0.2, 0.25) is 0 Å². The zero-order valence-electron chi connectivity index (χ0n) is 18.9. The molecule has 0 unspecified atom stereocenters. The summed E-state index contributed by atoms with van der Waals surface area (Å²) in [5, 5.41) is 0. The Balaban J connectivity index is 1.29. The van der Waals surface area contributed by atoms with Crippen LogP contribution in [0.4, 0.5) is 0 Å². The molecule has 3 aromatic carbocycles. The first-order valence-electron chi connectivity index (χ1n) is 11.9. The number of hydrogen-bond donors (Lipinski definition) is 0. The Labute approximate surface area is 203 Å². The van der Waals surface area contributed by atoms with Gasteiger partial charge in [0.1, 0.15) is 0 Å². The molecule has 1 saturated heterocycles. The monoisotopic (exact) mass is 508 g/mol. The van der Waals surface area contributed by atoms with E-state index in [0.717, 1.165) is 26.2 Å². The fourth-order valence-electron chi connectivity index (χ4n) is 5.28. The van der Waals surface area contributed by atoms with Gasteiger partial charge in [0, 0.05) is 0 Å².